The molecule has 0 N–H and O–H groups in total. The zero-order valence-corrected chi connectivity index (χ0v) is 17.7. The summed E-state index contributed by atoms with van der Waals surface area (Å²) in [4.78, 5) is 53.2. The van der Waals surface area contributed by atoms with Crippen LogP contribution in [0.25, 0.3) is 0 Å². The summed E-state index contributed by atoms with van der Waals surface area (Å²) in [6, 6.07) is 13.8. The van der Waals surface area contributed by atoms with Crippen LogP contribution in [0, 0.1) is 11.8 Å². The van der Waals surface area contributed by atoms with Gasteiger partial charge in [-0.1, -0.05) is 66.2 Å². The van der Waals surface area contributed by atoms with Gasteiger partial charge >= 0.3 is 0 Å². The summed E-state index contributed by atoms with van der Waals surface area (Å²) in [5.41, 5.74) is 0.496. The fraction of sp³-hybridized carbons (Fsp3) is 0.250. The average molecular weight is 437 g/mol. The van der Waals surface area contributed by atoms with E-state index < -0.39 is 35.6 Å². The Kier molecular flexibility index (Phi) is 5.74. The summed E-state index contributed by atoms with van der Waals surface area (Å²) >= 11 is 6.24. The minimum atomic E-state index is -1.09. The van der Waals surface area contributed by atoms with Crippen molar-refractivity contribution in [1.29, 1.82) is 0 Å². The first-order valence-electron chi connectivity index (χ1n) is 10.1. The molecule has 7 heteroatoms. The van der Waals surface area contributed by atoms with E-state index in [1.54, 1.807) is 48.5 Å². The minimum Gasteiger partial charge on any atom is -0.292 e. The zero-order valence-electron chi connectivity index (χ0n) is 16.9. The first-order chi connectivity index (χ1) is 14.9. The summed E-state index contributed by atoms with van der Waals surface area (Å²) in [5, 5.41) is 2.04. The minimum absolute atomic E-state index is 0.116. The molecule has 4 rings (SSSR count). The number of fused-ring (bicyclic) bond motifs is 1. The number of hydrogen-bond acceptors (Lipinski definition) is 4. The summed E-state index contributed by atoms with van der Waals surface area (Å²) < 4.78 is 0. The van der Waals surface area contributed by atoms with Crippen molar-refractivity contribution >= 4 is 35.1 Å². The molecule has 0 unspecified atom stereocenters. The van der Waals surface area contributed by atoms with Crippen molar-refractivity contribution in [3.05, 3.63) is 82.9 Å². The third kappa shape index (κ3) is 3.68. The Hall–Kier alpha value is -3.25. The normalized spacial score (nSPS) is 21.0. The first-order valence-corrected chi connectivity index (χ1v) is 10.5. The Morgan fingerprint density at radius 3 is 2.06 bits per heavy atom. The van der Waals surface area contributed by atoms with Gasteiger partial charge in [0.15, 0.2) is 5.78 Å². The van der Waals surface area contributed by atoms with Crippen LogP contribution in [-0.4, -0.2) is 39.6 Å². The highest BCUT2D eigenvalue weighted by molar-refractivity contribution is 6.34. The Labute approximate surface area is 185 Å². The van der Waals surface area contributed by atoms with Crippen LogP contribution in [0.5, 0.6) is 0 Å². The van der Waals surface area contributed by atoms with Crippen LogP contribution in [0.3, 0.4) is 0 Å². The van der Waals surface area contributed by atoms with Gasteiger partial charge in [0.1, 0.15) is 6.04 Å². The van der Waals surface area contributed by atoms with E-state index in [0.29, 0.717) is 18.4 Å². The summed E-state index contributed by atoms with van der Waals surface area (Å²) in [7, 11) is 0. The Bertz CT molecular complexity index is 1060. The topological polar surface area (TPSA) is 74.8 Å². The van der Waals surface area contributed by atoms with Crippen molar-refractivity contribution in [2.75, 3.05) is 0 Å². The number of ketones is 1. The van der Waals surface area contributed by atoms with Crippen molar-refractivity contribution in [3.8, 4) is 0 Å². The standard InChI is InChI=1S/C24H21ClN2O4/c1-15(21(28)16-9-3-2-4-10-16)26(24(31)19-13-7-8-14-20(19)25)27-22(29)17-11-5-6-12-18(17)23(27)30/h2-10,13-15,17-18H,11-12H2,1H3/t15-,17-,18+/m0/s1. The molecule has 0 spiro atoms. The van der Waals surface area contributed by atoms with Crippen LogP contribution < -0.4 is 0 Å². The molecule has 1 saturated heterocycles. The molecule has 6 nitrogen and oxygen atoms in total. The molecule has 158 valence electrons. The van der Waals surface area contributed by atoms with Gasteiger partial charge < -0.3 is 0 Å². The summed E-state index contributed by atoms with van der Waals surface area (Å²) in [6.45, 7) is 1.52. The maximum absolute atomic E-state index is 13.6. The summed E-state index contributed by atoms with van der Waals surface area (Å²) in [6.07, 6.45) is 4.60. The number of carbonyl (C=O) groups excluding carboxylic acids is 4. The highest BCUT2D eigenvalue weighted by atomic mass is 35.5. The quantitative estimate of drug-likeness (QED) is 0.404. The van der Waals surface area contributed by atoms with Crippen molar-refractivity contribution in [1.82, 2.24) is 10.0 Å². The number of allylic oxidation sites excluding steroid dienone is 2. The maximum atomic E-state index is 13.6. The van der Waals surface area contributed by atoms with E-state index in [4.69, 9.17) is 11.6 Å². The molecule has 3 atom stereocenters. The highest BCUT2D eigenvalue weighted by Gasteiger charge is 2.52. The van der Waals surface area contributed by atoms with Crippen LogP contribution in [0.1, 0.15) is 40.5 Å². The first kappa shape index (κ1) is 21.0. The molecule has 2 aromatic carbocycles. The van der Waals surface area contributed by atoms with E-state index in [9.17, 15) is 19.2 Å². The van der Waals surface area contributed by atoms with Crippen molar-refractivity contribution < 1.29 is 19.2 Å². The van der Waals surface area contributed by atoms with Crippen LogP contribution >= 0.6 is 11.6 Å². The lowest BCUT2D eigenvalue weighted by Gasteiger charge is -2.34. The number of halogens is 1. The lowest BCUT2D eigenvalue weighted by Crippen LogP contribution is -2.56. The lowest BCUT2D eigenvalue weighted by molar-refractivity contribution is -0.156. The van der Waals surface area contributed by atoms with E-state index in [-0.39, 0.29) is 16.4 Å². The molecule has 1 fully saturated rings. The van der Waals surface area contributed by atoms with Gasteiger partial charge in [0.2, 0.25) is 0 Å². The number of benzene rings is 2. The third-order valence-electron chi connectivity index (χ3n) is 5.82. The molecule has 0 radical (unpaired) electrons. The predicted octanol–water partition coefficient (Wildman–Crippen LogP) is 3.92. The molecule has 1 aliphatic heterocycles. The predicted molar refractivity (Wildman–Crippen MR) is 115 cm³/mol. The second-order valence-corrected chi connectivity index (χ2v) is 8.09. The van der Waals surface area contributed by atoms with Crippen LogP contribution in [0.2, 0.25) is 5.02 Å². The van der Waals surface area contributed by atoms with Gasteiger partial charge in [-0.2, -0.15) is 5.01 Å². The van der Waals surface area contributed by atoms with Gasteiger partial charge in [0.05, 0.1) is 22.4 Å². The van der Waals surface area contributed by atoms with Gasteiger partial charge in [-0.05, 0) is 31.9 Å². The fourth-order valence-electron chi connectivity index (χ4n) is 4.15. The number of imide groups is 1. The Morgan fingerprint density at radius 2 is 1.48 bits per heavy atom. The molecular weight excluding hydrogens is 416 g/mol. The summed E-state index contributed by atoms with van der Waals surface area (Å²) in [5.74, 6) is -3.04. The number of rotatable bonds is 5. The van der Waals surface area contributed by atoms with Crippen molar-refractivity contribution in [2.45, 2.75) is 25.8 Å². The molecule has 0 saturated carbocycles. The smallest absolute Gasteiger partial charge is 0.275 e. The van der Waals surface area contributed by atoms with Crippen LogP contribution in [-0.2, 0) is 9.59 Å². The van der Waals surface area contributed by atoms with Gasteiger partial charge in [0.25, 0.3) is 17.7 Å². The molecule has 0 aromatic heterocycles. The maximum Gasteiger partial charge on any atom is 0.275 e. The number of Topliss-reactive ketones (excluding diaryl/α,β-unsaturated/α-hetero) is 1. The zero-order chi connectivity index (χ0) is 22.1. The Balaban J connectivity index is 1.77. The van der Waals surface area contributed by atoms with Crippen LogP contribution in [0.15, 0.2) is 66.7 Å². The van der Waals surface area contributed by atoms with E-state index in [2.05, 4.69) is 0 Å². The van der Waals surface area contributed by atoms with E-state index in [0.717, 1.165) is 10.0 Å². The molecule has 0 bridgehead atoms. The number of hydrazine groups is 1. The van der Waals surface area contributed by atoms with Crippen LogP contribution in [0.4, 0.5) is 0 Å². The van der Waals surface area contributed by atoms with Gasteiger partial charge in [-0.25, -0.2) is 5.01 Å². The van der Waals surface area contributed by atoms with Gasteiger partial charge in [0, 0.05) is 5.56 Å². The second-order valence-electron chi connectivity index (χ2n) is 7.68. The number of nitrogens with zero attached hydrogens (tertiary/aromatic N) is 2. The van der Waals surface area contributed by atoms with E-state index in [1.165, 1.54) is 13.0 Å². The van der Waals surface area contributed by atoms with Crippen molar-refractivity contribution in [3.63, 3.8) is 0 Å². The second kappa shape index (κ2) is 8.47. The number of hydrogen-bond donors (Lipinski definition) is 0. The number of amides is 3. The molecule has 2 aromatic rings. The molecule has 1 heterocycles. The molecule has 1 aliphatic carbocycles. The van der Waals surface area contributed by atoms with Gasteiger partial charge in [-0.3, -0.25) is 19.2 Å². The molecule has 31 heavy (non-hydrogen) atoms. The molecule has 2 aliphatic rings. The molecular formula is C24H21ClN2O4. The monoisotopic (exact) mass is 436 g/mol. The highest BCUT2D eigenvalue weighted by Crippen LogP contribution is 2.37. The lowest BCUT2D eigenvalue weighted by atomic mass is 9.85. The number of carbonyl (C=O) groups is 4. The fourth-order valence-corrected chi connectivity index (χ4v) is 4.36. The third-order valence-corrected chi connectivity index (χ3v) is 6.15. The van der Waals surface area contributed by atoms with Gasteiger partial charge in [-0.15, -0.1) is 0 Å². The SMILES string of the molecule is C[C@@H](C(=O)c1ccccc1)N(C(=O)c1ccccc1Cl)N1C(=O)[C@H]2CC=CC[C@H]2C1=O. The van der Waals surface area contributed by atoms with E-state index >= 15 is 0 Å². The Morgan fingerprint density at radius 1 is 0.935 bits per heavy atom. The average Bonchev–Trinajstić information content (AvgIpc) is 3.05. The molecule has 3 amide bonds. The largest absolute Gasteiger partial charge is 0.292 e. The van der Waals surface area contributed by atoms with E-state index in [1.807, 2.05) is 12.2 Å². The van der Waals surface area contributed by atoms with Crippen molar-refractivity contribution in [2.24, 2.45) is 11.8 Å².